The van der Waals surface area contributed by atoms with E-state index in [1.54, 1.807) is 30.3 Å². The quantitative estimate of drug-likeness (QED) is 0.343. The summed E-state index contributed by atoms with van der Waals surface area (Å²) < 4.78 is 0. The molecule has 0 heterocycles. The molecule has 0 saturated heterocycles. The van der Waals surface area contributed by atoms with E-state index in [0.717, 1.165) is 5.56 Å². The Morgan fingerprint density at radius 3 is 2.32 bits per heavy atom. The van der Waals surface area contributed by atoms with Gasteiger partial charge in [0.1, 0.15) is 22.8 Å². The molecule has 2 aromatic carbocycles. The highest BCUT2D eigenvalue weighted by atomic mass is 16.3. The predicted octanol–water partition coefficient (Wildman–Crippen LogP) is 2.05. The molecule has 5 rings (SSSR count). The number of aromatic hydroxyl groups is 1. The van der Waals surface area contributed by atoms with Gasteiger partial charge >= 0.3 is 0 Å². The molecule has 10 heteroatoms. The van der Waals surface area contributed by atoms with Gasteiger partial charge in [0.2, 0.25) is 11.7 Å². The molecule has 0 unspecified atom stereocenters. The lowest BCUT2D eigenvalue weighted by Crippen LogP contribution is -2.58. The number of hydrogen-bond acceptors (Lipinski definition) is 8. The van der Waals surface area contributed by atoms with Crippen LogP contribution in [0.2, 0.25) is 0 Å². The second kappa shape index (κ2) is 8.31. The topological polar surface area (TPSA) is 187 Å². The van der Waals surface area contributed by atoms with E-state index in [1.807, 2.05) is 0 Å². The first-order valence-corrected chi connectivity index (χ1v) is 11.6. The average Bonchev–Trinajstić information content (AvgIpc) is 2.81. The van der Waals surface area contributed by atoms with Gasteiger partial charge in [-0.1, -0.05) is 18.2 Å². The second-order valence-corrected chi connectivity index (χ2v) is 9.65. The van der Waals surface area contributed by atoms with Crippen molar-refractivity contribution in [2.45, 2.75) is 31.8 Å². The molecule has 0 aromatic heterocycles. The highest BCUT2D eigenvalue weighted by Crippen LogP contribution is 2.53. The molecular formula is C27H24N2O8. The number of nitrogens with one attached hydrogen (secondary N) is 1. The van der Waals surface area contributed by atoms with E-state index >= 15 is 0 Å². The third kappa shape index (κ3) is 3.52. The monoisotopic (exact) mass is 504 g/mol. The van der Waals surface area contributed by atoms with Crippen molar-refractivity contribution < 1.29 is 39.6 Å². The Hall–Kier alpha value is -4.44. The minimum absolute atomic E-state index is 0.0237. The van der Waals surface area contributed by atoms with Gasteiger partial charge in [0, 0.05) is 30.5 Å². The summed E-state index contributed by atoms with van der Waals surface area (Å²) in [4.78, 5) is 49.1. The van der Waals surface area contributed by atoms with Crippen LogP contribution < -0.4 is 11.1 Å². The SMILES string of the molecule is CC(=O)Nc1ccc(-c2ccc(O)c3c2C[C@H]2C[C@H]4CC(=O)C(C(N)=O)=C(O)[C@@]4(O)C(=O)C2=C3O)cc1. The highest BCUT2D eigenvalue weighted by Gasteiger charge is 2.60. The van der Waals surface area contributed by atoms with Gasteiger partial charge in [0.15, 0.2) is 11.4 Å². The molecule has 3 aliphatic rings. The summed E-state index contributed by atoms with van der Waals surface area (Å²) in [6, 6.07) is 10.0. The number of anilines is 1. The summed E-state index contributed by atoms with van der Waals surface area (Å²) in [5, 5.41) is 46.5. The van der Waals surface area contributed by atoms with Gasteiger partial charge < -0.3 is 31.5 Å². The number of hydrogen-bond donors (Lipinski definition) is 6. The number of fused-ring (bicyclic) bond motifs is 3. The number of phenolic OH excluding ortho intramolecular Hbond substituents is 1. The van der Waals surface area contributed by atoms with Gasteiger partial charge in [-0.2, -0.15) is 0 Å². The average molecular weight is 504 g/mol. The molecule has 7 N–H and O–H groups in total. The molecule has 3 aliphatic carbocycles. The van der Waals surface area contributed by atoms with E-state index < -0.39 is 52.0 Å². The molecule has 1 fully saturated rings. The number of rotatable bonds is 3. The van der Waals surface area contributed by atoms with Gasteiger partial charge in [-0.15, -0.1) is 0 Å². The van der Waals surface area contributed by atoms with Gasteiger partial charge in [-0.05, 0) is 53.6 Å². The zero-order chi connectivity index (χ0) is 26.8. The Kier molecular flexibility index (Phi) is 5.45. The van der Waals surface area contributed by atoms with Crippen LogP contribution in [0.25, 0.3) is 16.9 Å². The summed E-state index contributed by atoms with van der Waals surface area (Å²) in [5.41, 5.74) is 4.20. The lowest BCUT2D eigenvalue weighted by molar-refractivity contribution is -0.147. The number of primary amides is 1. The second-order valence-electron chi connectivity index (χ2n) is 9.65. The largest absolute Gasteiger partial charge is 0.508 e. The van der Waals surface area contributed by atoms with Gasteiger partial charge in [-0.3, -0.25) is 19.2 Å². The zero-order valence-electron chi connectivity index (χ0n) is 19.7. The van der Waals surface area contributed by atoms with E-state index in [0.29, 0.717) is 16.8 Å². The minimum atomic E-state index is -2.59. The predicted molar refractivity (Wildman–Crippen MR) is 131 cm³/mol. The summed E-state index contributed by atoms with van der Waals surface area (Å²) >= 11 is 0. The summed E-state index contributed by atoms with van der Waals surface area (Å²) in [6.45, 7) is 1.40. The lowest BCUT2D eigenvalue weighted by atomic mass is 9.59. The third-order valence-corrected chi connectivity index (χ3v) is 7.46. The van der Waals surface area contributed by atoms with Crippen LogP contribution in [0.5, 0.6) is 5.75 Å². The maximum absolute atomic E-state index is 13.6. The molecule has 0 spiro atoms. The fraction of sp³-hybridized carbons (Fsp3) is 0.259. The van der Waals surface area contributed by atoms with E-state index in [2.05, 4.69) is 5.32 Å². The number of carbonyl (C=O) groups is 4. The van der Waals surface area contributed by atoms with Gasteiger partial charge in [0.05, 0.1) is 5.56 Å². The van der Waals surface area contributed by atoms with Crippen LogP contribution in [0.15, 0.2) is 53.3 Å². The Labute approximate surface area is 210 Å². The summed E-state index contributed by atoms with van der Waals surface area (Å²) in [5.74, 6) is -6.86. The Bertz CT molecular complexity index is 1470. The summed E-state index contributed by atoms with van der Waals surface area (Å²) in [7, 11) is 0. The minimum Gasteiger partial charge on any atom is -0.508 e. The number of benzene rings is 2. The third-order valence-electron chi connectivity index (χ3n) is 7.46. The molecule has 10 nitrogen and oxygen atoms in total. The van der Waals surface area contributed by atoms with Crippen LogP contribution in [0.4, 0.5) is 5.69 Å². The van der Waals surface area contributed by atoms with Crippen molar-refractivity contribution in [2.75, 3.05) is 5.32 Å². The van der Waals surface area contributed by atoms with Crippen molar-refractivity contribution in [1.29, 1.82) is 0 Å². The maximum atomic E-state index is 13.6. The number of amides is 2. The molecule has 2 aromatic rings. The molecule has 1 saturated carbocycles. The van der Waals surface area contributed by atoms with E-state index in [-0.39, 0.29) is 42.1 Å². The van der Waals surface area contributed by atoms with Gasteiger partial charge in [0.25, 0.3) is 5.91 Å². The molecule has 0 aliphatic heterocycles. The van der Waals surface area contributed by atoms with Crippen molar-refractivity contribution in [3.05, 3.63) is 64.4 Å². The Morgan fingerprint density at radius 2 is 1.70 bits per heavy atom. The van der Waals surface area contributed by atoms with Crippen molar-refractivity contribution >= 4 is 34.8 Å². The van der Waals surface area contributed by atoms with Crippen LogP contribution in [0.1, 0.15) is 30.9 Å². The van der Waals surface area contributed by atoms with Crippen molar-refractivity contribution in [3.8, 4) is 16.9 Å². The number of aliphatic hydroxyl groups excluding tert-OH is 2. The van der Waals surface area contributed by atoms with Crippen LogP contribution >= 0.6 is 0 Å². The standard InChI is InChI=1S/C27H24N2O8/c1-11(30)29-15-4-2-12(3-5-15)16-6-7-18(31)21-17(16)9-13-8-14-10-19(32)22(26(28)36)25(35)27(14,37)24(34)20(13)23(21)33/h2-7,13-14,31,33,35,37H,8-10H2,1H3,(H2,28,36)(H,29,30)/t13-,14+,27+/m1/s1. The first-order valence-electron chi connectivity index (χ1n) is 11.6. The van der Waals surface area contributed by atoms with Crippen LogP contribution in [-0.2, 0) is 25.6 Å². The first-order chi connectivity index (χ1) is 17.4. The van der Waals surface area contributed by atoms with Crippen LogP contribution in [0.3, 0.4) is 0 Å². The normalized spacial score (nSPS) is 24.8. The fourth-order valence-corrected chi connectivity index (χ4v) is 5.83. The van der Waals surface area contributed by atoms with E-state index in [9.17, 15) is 39.6 Å². The van der Waals surface area contributed by atoms with Gasteiger partial charge in [-0.25, -0.2) is 0 Å². The van der Waals surface area contributed by atoms with Crippen LogP contribution in [-0.4, -0.2) is 49.4 Å². The fourth-order valence-electron chi connectivity index (χ4n) is 5.83. The van der Waals surface area contributed by atoms with Crippen molar-refractivity contribution in [1.82, 2.24) is 0 Å². The van der Waals surface area contributed by atoms with E-state index in [1.165, 1.54) is 13.0 Å². The first kappa shape index (κ1) is 24.3. The maximum Gasteiger partial charge on any atom is 0.255 e. The number of aliphatic hydroxyl groups is 3. The number of Topliss-reactive ketones (excluding diaryl/α,β-unsaturated/α-hetero) is 2. The molecule has 0 bridgehead atoms. The van der Waals surface area contributed by atoms with Crippen LogP contribution in [0, 0.1) is 11.8 Å². The Balaban J connectivity index is 1.64. The van der Waals surface area contributed by atoms with E-state index in [4.69, 9.17) is 5.73 Å². The molecule has 37 heavy (non-hydrogen) atoms. The molecule has 190 valence electrons. The smallest absolute Gasteiger partial charge is 0.255 e. The molecule has 3 atom stereocenters. The Morgan fingerprint density at radius 1 is 1.03 bits per heavy atom. The highest BCUT2D eigenvalue weighted by molar-refractivity contribution is 6.22. The lowest BCUT2D eigenvalue weighted by Gasteiger charge is -2.46. The zero-order valence-corrected chi connectivity index (χ0v) is 19.7. The number of phenols is 1. The molecular weight excluding hydrogens is 480 g/mol. The molecule has 2 amide bonds. The van der Waals surface area contributed by atoms with Crippen molar-refractivity contribution in [2.24, 2.45) is 17.6 Å². The summed E-state index contributed by atoms with van der Waals surface area (Å²) in [6.07, 6.45) is -0.121. The van der Waals surface area contributed by atoms with Crippen molar-refractivity contribution in [3.63, 3.8) is 0 Å². The molecule has 0 radical (unpaired) electrons. The number of carbonyl (C=O) groups excluding carboxylic acids is 4. The number of ketones is 2. The number of nitrogens with two attached hydrogens (primary N) is 1.